The van der Waals surface area contributed by atoms with E-state index in [2.05, 4.69) is 6.07 Å². The first kappa shape index (κ1) is 11.8. The Morgan fingerprint density at radius 2 is 1.53 bits per heavy atom. The molecule has 0 spiro atoms. The maximum absolute atomic E-state index is 9.04. The quantitative estimate of drug-likeness (QED) is 0.843. The molecular weight excluding hydrogens is 212 g/mol. The smallest absolute Gasteiger partial charge is 0.0681 e. The average Bonchev–Trinajstić information content (AvgIpc) is 2.40. The van der Waals surface area contributed by atoms with Gasteiger partial charge in [0.1, 0.15) is 0 Å². The number of rotatable bonds is 4. The van der Waals surface area contributed by atoms with Gasteiger partial charge in [-0.2, -0.15) is 0 Å². The van der Waals surface area contributed by atoms with Gasteiger partial charge in [-0.05, 0) is 28.7 Å². The van der Waals surface area contributed by atoms with Crippen LogP contribution in [-0.2, 0) is 13.0 Å². The van der Waals surface area contributed by atoms with Crippen LogP contribution in [0.3, 0.4) is 0 Å². The van der Waals surface area contributed by atoms with E-state index in [9.17, 15) is 0 Å². The van der Waals surface area contributed by atoms with Crippen LogP contribution >= 0.6 is 0 Å². The van der Waals surface area contributed by atoms with Crippen LogP contribution < -0.4 is 0 Å². The average molecular weight is 228 g/mol. The summed E-state index contributed by atoms with van der Waals surface area (Å²) in [4.78, 5) is 0. The molecule has 0 aliphatic rings. The van der Waals surface area contributed by atoms with Crippen LogP contribution in [0.1, 0.15) is 11.1 Å². The summed E-state index contributed by atoms with van der Waals surface area (Å²) in [6, 6.07) is 15.9. The number of hydrogen-bond donors (Lipinski definition) is 2. The van der Waals surface area contributed by atoms with Gasteiger partial charge in [-0.1, -0.05) is 48.5 Å². The Morgan fingerprint density at radius 1 is 0.824 bits per heavy atom. The predicted octanol–water partition coefficient (Wildman–Crippen LogP) is 2.38. The molecule has 0 saturated heterocycles. The number of benzene rings is 2. The Kier molecular flexibility index (Phi) is 3.91. The first-order valence-corrected chi connectivity index (χ1v) is 5.74. The van der Waals surface area contributed by atoms with Gasteiger partial charge in [-0.25, -0.2) is 0 Å². The van der Waals surface area contributed by atoms with Crippen molar-refractivity contribution in [2.45, 2.75) is 13.0 Å². The highest BCUT2D eigenvalue weighted by atomic mass is 16.3. The standard InChI is InChI=1S/C15H16O2/c16-10-9-13-3-1-2-4-15(13)14-7-5-12(11-17)6-8-14/h1-8,16-17H,9-11H2. The fourth-order valence-corrected chi connectivity index (χ4v) is 1.93. The first-order valence-electron chi connectivity index (χ1n) is 5.74. The predicted molar refractivity (Wildman–Crippen MR) is 68.6 cm³/mol. The van der Waals surface area contributed by atoms with Gasteiger partial charge in [-0.3, -0.25) is 0 Å². The van der Waals surface area contributed by atoms with Crippen molar-refractivity contribution < 1.29 is 10.2 Å². The van der Waals surface area contributed by atoms with E-state index < -0.39 is 0 Å². The van der Waals surface area contributed by atoms with Crippen LogP contribution in [0, 0.1) is 0 Å². The third-order valence-electron chi connectivity index (χ3n) is 2.85. The van der Waals surface area contributed by atoms with Gasteiger partial charge in [0.05, 0.1) is 6.61 Å². The van der Waals surface area contributed by atoms with Crippen molar-refractivity contribution >= 4 is 0 Å². The zero-order valence-corrected chi connectivity index (χ0v) is 9.63. The molecule has 2 nitrogen and oxygen atoms in total. The first-order chi connectivity index (χ1) is 8.35. The molecule has 2 aromatic carbocycles. The highest BCUT2D eigenvalue weighted by molar-refractivity contribution is 5.67. The van der Waals surface area contributed by atoms with Gasteiger partial charge < -0.3 is 10.2 Å². The molecule has 0 atom stereocenters. The molecule has 2 N–H and O–H groups in total. The molecule has 0 fully saturated rings. The summed E-state index contributed by atoms with van der Waals surface area (Å²) in [5.41, 5.74) is 4.32. The fraction of sp³-hybridized carbons (Fsp3) is 0.200. The van der Waals surface area contributed by atoms with E-state index in [0.717, 1.165) is 22.3 Å². The lowest BCUT2D eigenvalue weighted by Crippen LogP contribution is -1.94. The van der Waals surface area contributed by atoms with Crippen LogP contribution in [0.2, 0.25) is 0 Å². The molecule has 0 aliphatic heterocycles. The topological polar surface area (TPSA) is 40.5 Å². The third-order valence-corrected chi connectivity index (χ3v) is 2.85. The summed E-state index contributed by atoms with van der Waals surface area (Å²) >= 11 is 0. The molecule has 88 valence electrons. The fourth-order valence-electron chi connectivity index (χ4n) is 1.93. The Hall–Kier alpha value is -1.64. The second-order valence-electron chi connectivity index (χ2n) is 3.99. The SMILES string of the molecule is OCCc1ccccc1-c1ccc(CO)cc1. The van der Waals surface area contributed by atoms with Crippen molar-refractivity contribution in [3.05, 3.63) is 59.7 Å². The van der Waals surface area contributed by atoms with Crippen molar-refractivity contribution in [3.63, 3.8) is 0 Å². The van der Waals surface area contributed by atoms with Gasteiger partial charge in [0.2, 0.25) is 0 Å². The molecule has 2 aromatic rings. The van der Waals surface area contributed by atoms with Gasteiger partial charge in [0.25, 0.3) is 0 Å². The van der Waals surface area contributed by atoms with Crippen LogP contribution in [0.5, 0.6) is 0 Å². The molecule has 0 unspecified atom stereocenters. The minimum absolute atomic E-state index is 0.0680. The minimum Gasteiger partial charge on any atom is -0.396 e. The van der Waals surface area contributed by atoms with Crippen molar-refractivity contribution in [1.29, 1.82) is 0 Å². The number of aliphatic hydroxyl groups excluding tert-OH is 2. The second kappa shape index (κ2) is 5.62. The summed E-state index contributed by atoms with van der Waals surface area (Å²) in [6.07, 6.45) is 0.665. The molecule has 0 bridgehead atoms. The van der Waals surface area contributed by atoms with E-state index in [1.54, 1.807) is 0 Å². The Balaban J connectivity index is 2.37. The van der Waals surface area contributed by atoms with Crippen LogP contribution in [0.25, 0.3) is 11.1 Å². The molecule has 0 amide bonds. The van der Waals surface area contributed by atoms with Crippen molar-refractivity contribution in [3.8, 4) is 11.1 Å². The highest BCUT2D eigenvalue weighted by Crippen LogP contribution is 2.24. The van der Waals surface area contributed by atoms with E-state index in [1.165, 1.54) is 0 Å². The van der Waals surface area contributed by atoms with Crippen molar-refractivity contribution in [2.24, 2.45) is 0 Å². The molecule has 0 heterocycles. The summed E-state index contributed by atoms with van der Waals surface area (Å²) < 4.78 is 0. The lowest BCUT2D eigenvalue weighted by atomic mass is 9.97. The molecule has 0 saturated carbocycles. The zero-order chi connectivity index (χ0) is 12.1. The van der Waals surface area contributed by atoms with E-state index in [-0.39, 0.29) is 13.2 Å². The monoisotopic (exact) mass is 228 g/mol. The van der Waals surface area contributed by atoms with Gasteiger partial charge in [0.15, 0.2) is 0 Å². The van der Waals surface area contributed by atoms with Crippen molar-refractivity contribution in [2.75, 3.05) is 6.61 Å². The van der Waals surface area contributed by atoms with Crippen LogP contribution in [-0.4, -0.2) is 16.8 Å². The normalized spacial score (nSPS) is 10.5. The minimum atomic E-state index is 0.0680. The largest absolute Gasteiger partial charge is 0.396 e. The lowest BCUT2D eigenvalue weighted by molar-refractivity contribution is 0.282. The molecule has 2 rings (SSSR count). The molecule has 0 aliphatic carbocycles. The summed E-state index contributed by atoms with van der Waals surface area (Å²) in [5, 5.41) is 18.0. The Bertz CT molecular complexity index is 475. The van der Waals surface area contributed by atoms with Crippen molar-refractivity contribution in [1.82, 2.24) is 0 Å². The highest BCUT2D eigenvalue weighted by Gasteiger charge is 2.03. The van der Waals surface area contributed by atoms with E-state index in [4.69, 9.17) is 10.2 Å². The summed E-state index contributed by atoms with van der Waals surface area (Å²) in [6.45, 7) is 0.226. The third kappa shape index (κ3) is 2.73. The van der Waals surface area contributed by atoms with Crippen LogP contribution in [0.15, 0.2) is 48.5 Å². The molecule has 2 heteroatoms. The van der Waals surface area contributed by atoms with Gasteiger partial charge >= 0.3 is 0 Å². The molecule has 0 aromatic heterocycles. The van der Waals surface area contributed by atoms with E-state index >= 15 is 0 Å². The number of aliphatic hydroxyl groups is 2. The lowest BCUT2D eigenvalue weighted by Gasteiger charge is -2.09. The second-order valence-corrected chi connectivity index (χ2v) is 3.99. The van der Waals surface area contributed by atoms with Gasteiger partial charge in [-0.15, -0.1) is 0 Å². The Morgan fingerprint density at radius 3 is 2.18 bits per heavy atom. The maximum atomic E-state index is 9.04. The maximum Gasteiger partial charge on any atom is 0.0681 e. The van der Waals surface area contributed by atoms with Crippen LogP contribution in [0.4, 0.5) is 0 Å². The Labute approximate surface area is 101 Å². The summed E-state index contributed by atoms with van der Waals surface area (Å²) in [5.74, 6) is 0. The number of hydrogen-bond acceptors (Lipinski definition) is 2. The van der Waals surface area contributed by atoms with E-state index in [0.29, 0.717) is 6.42 Å². The molecular formula is C15H16O2. The zero-order valence-electron chi connectivity index (χ0n) is 9.63. The summed E-state index contributed by atoms with van der Waals surface area (Å²) in [7, 11) is 0. The molecule has 17 heavy (non-hydrogen) atoms. The van der Waals surface area contributed by atoms with E-state index in [1.807, 2.05) is 42.5 Å². The molecule has 0 radical (unpaired) electrons. The van der Waals surface area contributed by atoms with Gasteiger partial charge in [0, 0.05) is 6.61 Å².